The smallest absolute Gasteiger partial charge is 0.410 e. The maximum absolute atomic E-state index is 15.4. The Balaban J connectivity index is 1.84. The van der Waals surface area contributed by atoms with Crippen LogP contribution >= 0.6 is 23.2 Å². The summed E-state index contributed by atoms with van der Waals surface area (Å²) < 4.78 is 21.1. The molecule has 4 rings (SSSR count). The molecule has 0 aliphatic carbocycles. The summed E-state index contributed by atoms with van der Waals surface area (Å²) in [4.78, 5) is 30.1. The van der Waals surface area contributed by atoms with Gasteiger partial charge in [0.05, 0.1) is 17.5 Å². The SMILES string of the molecule is CC(C)[Si](C#Cc1nc(Cl)c(F)c2nc(Cl)nc(N3CC4CCC(C3)N4C(=O)OC(C)(C)C)c12)(C(C)C)C(C)C. The van der Waals surface area contributed by atoms with E-state index in [4.69, 9.17) is 27.9 Å². The summed E-state index contributed by atoms with van der Waals surface area (Å²) in [7, 11) is -2.13. The molecule has 0 N–H and O–H groups in total. The molecule has 0 saturated carbocycles. The number of aromatic nitrogens is 3. The molecule has 0 radical (unpaired) electrons. The minimum atomic E-state index is -2.13. The van der Waals surface area contributed by atoms with Crippen LogP contribution in [0.4, 0.5) is 15.0 Å². The molecule has 2 fully saturated rings. The lowest BCUT2D eigenvalue weighted by molar-refractivity contribution is 0.0123. The van der Waals surface area contributed by atoms with Gasteiger partial charge in [0, 0.05) is 13.1 Å². The molecule has 2 atom stereocenters. The van der Waals surface area contributed by atoms with Gasteiger partial charge in [-0.1, -0.05) is 59.1 Å². The van der Waals surface area contributed by atoms with E-state index in [2.05, 4.69) is 72.9 Å². The Morgan fingerprint density at radius 1 is 1.00 bits per heavy atom. The third kappa shape index (κ3) is 5.64. The summed E-state index contributed by atoms with van der Waals surface area (Å²) in [6, 6.07) is -0.139. The first kappa shape index (κ1) is 30.8. The van der Waals surface area contributed by atoms with Gasteiger partial charge in [0.25, 0.3) is 0 Å². The number of carbonyl (C=O) groups is 1. The van der Waals surface area contributed by atoms with Crippen LogP contribution in [0.5, 0.6) is 0 Å². The van der Waals surface area contributed by atoms with Crippen molar-refractivity contribution in [2.45, 2.75) is 109 Å². The van der Waals surface area contributed by atoms with Crippen LogP contribution in [0, 0.1) is 17.3 Å². The van der Waals surface area contributed by atoms with Crippen LogP contribution in [0.15, 0.2) is 0 Å². The number of carbonyl (C=O) groups excluding carboxylic acids is 1. The van der Waals surface area contributed by atoms with E-state index in [9.17, 15) is 4.79 Å². The van der Waals surface area contributed by atoms with Crippen LogP contribution in [-0.2, 0) is 4.74 Å². The molecule has 7 nitrogen and oxygen atoms in total. The van der Waals surface area contributed by atoms with Crippen LogP contribution in [0.3, 0.4) is 0 Å². The maximum atomic E-state index is 15.4. The number of pyridine rings is 1. The molecule has 2 aromatic rings. The minimum Gasteiger partial charge on any atom is -0.444 e. The Morgan fingerprint density at radius 3 is 2.05 bits per heavy atom. The van der Waals surface area contributed by atoms with Gasteiger partial charge in [0.15, 0.2) is 11.0 Å². The van der Waals surface area contributed by atoms with E-state index in [-0.39, 0.29) is 34.1 Å². The summed E-state index contributed by atoms with van der Waals surface area (Å²) in [5.74, 6) is 3.07. The lowest BCUT2D eigenvalue weighted by Gasteiger charge is -2.42. The molecule has 0 spiro atoms. The van der Waals surface area contributed by atoms with E-state index in [1.807, 2.05) is 25.7 Å². The second-order valence-corrected chi connectivity index (χ2v) is 19.2. The quantitative estimate of drug-likeness (QED) is 0.154. The average Bonchev–Trinajstić information content (AvgIpc) is 3.10. The minimum absolute atomic E-state index is 0.00660. The van der Waals surface area contributed by atoms with Crippen molar-refractivity contribution in [2.24, 2.45) is 0 Å². The highest BCUT2D eigenvalue weighted by Gasteiger charge is 2.45. The van der Waals surface area contributed by atoms with Crippen LogP contribution in [0.2, 0.25) is 27.1 Å². The van der Waals surface area contributed by atoms with Gasteiger partial charge in [0.2, 0.25) is 5.28 Å². The second kappa shape index (κ2) is 11.3. The van der Waals surface area contributed by atoms with Crippen molar-refractivity contribution >= 4 is 54.1 Å². The van der Waals surface area contributed by atoms with E-state index < -0.39 is 19.5 Å². The predicted octanol–water partition coefficient (Wildman–Crippen LogP) is 7.63. The lowest BCUT2D eigenvalue weighted by Crippen LogP contribution is -2.57. The van der Waals surface area contributed by atoms with Crippen molar-refractivity contribution in [3.63, 3.8) is 0 Å². The van der Waals surface area contributed by atoms with Gasteiger partial charge >= 0.3 is 6.09 Å². The standard InChI is InChI=1S/C29H40Cl2FN5O2Si/c1-16(2)40(17(3)4,18(5)6)13-12-21-22-24(23(32)25(30)33-21)34-27(31)35-26(22)36-14-19-10-11-20(15-36)37(19)28(38)39-29(7,8)9/h16-20H,10-11,14-15H2,1-9H3. The van der Waals surface area contributed by atoms with Crippen LogP contribution in [0.1, 0.15) is 80.8 Å². The third-order valence-corrected chi connectivity index (χ3v) is 15.1. The summed E-state index contributed by atoms with van der Waals surface area (Å²) in [5, 5.41) is 0.0288. The fourth-order valence-electron chi connectivity index (χ4n) is 6.71. The summed E-state index contributed by atoms with van der Waals surface area (Å²) in [6.07, 6.45) is 1.37. The molecule has 2 saturated heterocycles. The molecule has 2 bridgehead atoms. The zero-order chi connectivity index (χ0) is 29.7. The highest BCUT2D eigenvalue weighted by molar-refractivity contribution is 6.90. The maximum Gasteiger partial charge on any atom is 0.410 e. The third-order valence-electron chi connectivity index (χ3n) is 8.35. The number of nitrogens with zero attached hydrogens (tertiary/aromatic N) is 5. The monoisotopic (exact) mass is 607 g/mol. The van der Waals surface area contributed by atoms with Gasteiger partial charge in [-0.25, -0.2) is 19.2 Å². The molecule has 4 heterocycles. The first-order chi connectivity index (χ1) is 18.6. The number of ether oxygens (including phenoxy) is 1. The van der Waals surface area contributed by atoms with Gasteiger partial charge in [-0.3, -0.25) is 4.90 Å². The van der Waals surface area contributed by atoms with Crippen molar-refractivity contribution in [1.29, 1.82) is 0 Å². The highest BCUT2D eigenvalue weighted by atomic mass is 35.5. The fraction of sp³-hybridized carbons (Fsp3) is 0.655. The number of fused-ring (bicyclic) bond motifs is 3. The average molecular weight is 609 g/mol. The second-order valence-electron chi connectivity index (χ2n) is 12.9. The largest absolute Gasteiger partial charge is 0.444 e. The number of hydrogen-bond acceptors (Lipinski definition) is 6. The molecular formula is C29H40Cl2FN5O2Si. The molecule has 2 aliphatic heterocycles. The number of amides is 1. The fourth-order valence-corrected chi connectivity index (χ4v) is 12.2. The zero-order valence-electron chi connectivity index (χ0n) is 24.9. The Kier molecular flexibility index (Phi) is 8.67. The van der Waals surface area contributed by atoms with E-state index >= 15 is 4.39 Å². The summed E-state index contributed by atoms with van der Waals surface area (Å²) >= 11 is 12.6. The Bertz CT molecular complexity index is 1330. The van der Waals surface area contributed by atoms with Crippen LogP contribution in [-0.4, -0.2) is 64.8 Å². The van der Waals surface area contributed by atoms with Crippen LogP contribution < -0.4 is 4.90 Å². The Hall–Kier alpha value is -2.15. The van der Waals surface area contributed by atoms with Crippen molar-refractivity contribution in [3.05, 3.63) is 21.9 Å². The van der Waals surface area contributed by atoms with Crippen molar-refractivity contribution in [1.82, 2.24) is 19.9 Å². The first-order valence-electron chi connectivity index (χ1n) is 14.1. The number of rotatable bonds is 4. The normalized spacial score (nSPS) is 19.6. The van der Waals surface area contributed by atoms with E-state index in [1.165, 1.54) is 0 Å². The van der Waals surface area contributed by atoms with Gasteiger partial charge in [-0.15, -0.1) is 5.54 Å². The van der Waals surface area contributed by atoms with Crippen LogP contribution in [0.25, 0.3) is 10.9 Å². The van der Waals surface area contributed by atoms with E-state index in [0.29, 0.717) is 46.6 Å². The van der Waals surface area contributed by atoms with E-state index in [0.717, 1.165) is 12.8 Å². The first-order valence-corrected chi connectivity index (χ1v) is 17.1. The number of halogens is 3. The van der Waals surface area contributed by atoms with Gasteiger partial charge in [-0.2, -0.15) is 4.98 Å². The summed E-state index contributed by atoms with van der Waals surface area (Å²) in [6.45, 7) is 20.0. The van der Waals surface area contributed by atoms with Gasteiger partial charge in [0.1, 0.15) is 30.7 Å². The lowest BCUT2D eigenvalue weighted by atomic mass is 10.1. The molecule has 0 aromatic carbocycles. The molecule has 218 valence electrons. The zero-order valence-corrected chi connectivity index (χ0v) is 27.4. The molecule has 2 unspecified atom stereocenters. The van der Waals surface area contributed by atoms with E-state index in [1.54, 1.807) is 0 Å². The van der Waals surface area contributed by atoms with Gasteiger partial charge in [-0.05, 0) is 61.8 Å². The Labute approximate surface area is 248 Å². The molecular weight excluding hydrogens is 568 g/mol. The Morgan fingerprint density at radius 2 is 1.55 bits per heavy atom. The molecule has 2 aliphatic rings. The number of anilines is 1. The van der Waals surface area contributed by atoms with Crippen molar-refractivity contribution in [3.8, 4) is 11.5 Å². The highest BCUT2D eigenvalue weighted by Crippen LogP contribution is 2.42. The summed E-state index contributed by atoms with van der Waals surface area (Å²) in [5.41, 5.74) is 4.67. The molecule has 11 heteroatoms. The molecule has 40 heavy (non-hydrogen) atoms. The topological polar surface area (TPSA) is 71.5 Å². The number of piperazine rings is 1. The molecule has 1 amide bonds. The number of hydrogen-bond donors (Lipinski definition) is 0. The van der Waals surface area contributed by atoms with Crippen molar-refractivity contribution in [2.75, 3.05) is 18.0 Å². The van der Waals surface area contributed by atoms with Crippen molar-refractivity contribution < 1.29 is 13.9 Å². The molecule has 2 aromatic heterocycles. The predicted molar refractivity (Wildman–Crippen MR) is 162 cm³/mol. The van der Waals surface area contributed by atoms with Gasteiger partial charge < -0.3 is 9.64 Å².